The summed E-state index contributed by atoms with van der Waals surface area (Å²) >= 11 is 0. The van der Waals surface area contributed by atoms with Crippen LogP contribution in [0.2, 0.25) is 0 Å². The van der Waals surface area contributed by atoms with E-state index >= 15 is 0 Å². The number of aromatic nitrogens is 3. The van der Waals surface area contributed by atoms with Gasteiger partial charge in [-0.25, -0.2) is 9.97 Å². The Kier molecular flexibility index (Phi) is 6.65. The fourth-order valence-corrected chi connectivity index (χ4v) is 5.36. The third-order valence-corrected chi connectivity index (χ3v) is 7.46. The molecule has 0 fully saturated rings. The van der Waals surface area contributed by atoms with Gasteiger partial charge in [0, 0.05) is 41.7 Å². The van der Waals surface area contributed by atoms with Gasteiger partial charge in [-0.2, -0.15) is 4.99 Å². The first-order valence-corrected chi connectivity index (χ1v) is 13.3. The number of nitrogens with zero attached hydrogens (tertiary/aromatic N) is 4. The number of anilines is 1. The largest absolute Gasteiger partial charge is 0.392 e. The highest BCUT2D eigenvalue weighted by Crippen LogP contribution is 2.39. The molecule has 6 rings (SSSR count). The van der Waals surface area contributed by atoms with Gasteiger partial charge >= 0.3 is 0 Å². The van der Waals surface area contributed by atoms with Crippen molar-refractivity contribution in [3.05, 3.63) is 88.9 Å². The van der Waals surface area contributed by atoms with Crippen LogP contribution in [0.4, 0.5) is 11.6 Å². The number of carbonyl (C=O) groups excluding carboxylic acids is 1. The first-order chi connectivity index (χ1) is 19.4. The predicted octanol–water partition coefficient (Wildman–Crippen LogP) is 5.01. The lowest BCUT2D eigenvalue weighted by molar-refractivity contribution is 0.0997. The Hall–Kier alpha value is -4.76. The van der Waals surface area contributed by atoms with Crippen molar-refractivity contribution in [3.63, 3.8) is 0 Å². The van der Waals surface area contributed by atoms with Gasteiger partial charge < -0.3 is 25.7 Å². The van der Waals surface area contributed by atoms with E-state index in [0.29, 0.717) is 25.6 Å². The minimum Gasteiger partial charge on any atom is -0.392 e. The number of fused-ring (bicyclic) bond motifs is 2. The van der Waals surface area contributed by atoms with Crippen LogP contribution in [0.1, 0.15) is 40.4 Å². The number of carbonyl (C=O) groups is 1. The van der Waals surface area contributed by atoms with Crippen molar-refractivity contribution in [2.24, 2.45) is 10.7 Å². The molecule has 0 bridgehead atoms. The number of benzene rings is 2. The van der Waals surface area contributed by atoms with Gasteiger partial charge in [0.1, 0.15) is 5.84 Å². The van der Waals surface area contributed by atoms with E-state index in [-0.39, 0.29) is 11.9 Å². The van der Waals surface area contributed by atoms with Crippen molar-refractivity contribution in [3.8, 4) is 11.3 Å². The Morgan fingerprint density at radius 2 is 2.02 bits per heavy atom. The number of nitrogens with two attached hydrogens (primary N) is 1. The molecule has 0 unspecified atom stereocenters. The second-order valence-electron chi connectivity index (χ2n) is 9.99. The lowest BCUT2D eigenvalue weighted by Gasteiger charge is -2.18. The minimum atomic E-state index is 0.00314. The van der Waals surface area contributed by atoms with Gasteiger partial charge in [0.05, 0.1) is 36.7 Å². The van der Waals surface area contributed by atoms with Crippen molar-refractivity contribution in [2.45, 2.75) is 26.8 Å². The average molecular weight is 534 g/mol. The number of para-hydroxylation sites is 1. The van der Waals surface area contributed by atoms with Crippen molar-refractivity contribution in [1.29, 1.82) is 0 Å². The topological polar surface area (TPSA) is 122 Å². The average Bonchev–Trinajstić information content (AvgIpc) is 3.55. The quantitative estimate of drug-likeness (QED) is 0.237. The summed E-state index contributed by atoms with van der Waals surface area (Å²) in [6, 6.07) is 12.0. The van der Waals surface area contributed by atoms with E-state index < -0.39 is 0 Å². The number of amidine groups is 1. The minimum absolute atomic E-state index is 0.00314. The number of hydrogen-bond donors (Lipinski definition) is 3. The second kappa shape index (κ2) is 10.4. The zero-order valence-electron chi connectivity index (χ0n) is 22.8. The number of hydrogen-bond acceptors (Lipinski definition) is 6. The highest BCUT2D eigenvalue weighted by molar-refractivity contribution is 6.15. The first-order valence-electron chi connectivity index (χ1n) is 13.3. The molecule has 2 aliphatic rings. The molecule has 0 atom stereocenters. The van der Waals surface area contributed by atoms with Gasteiger partial charge in [-0.05, 0) is 60.7 Å². The lowest BCUT2D eigenvalue weighted by Crippen LogP contribution is -2.23. The molecule has 0 aliphatic carbocycles. The summed E-state index contributed by atoms with van der Waals surface area (Å²) in [4.78, 5) is 32.4. The van der Waals surface area contributed by atoms with E-state index in [1.807, 2.05) is 62.3 Å². The Morgan fingerprint density at radius 1 is 1.20 bits per heavy atom. The van der Waals surface area contributed by atoms with Crippen LogP contribution in [0.15, 0.2) is 71.6 Å². The molecule has 4 heterocycles. The van der Waals surface area contributed by atoms with Gasteiger partial charge in [0.15, 0.2) is 0 Å². The van der Waals surface area contributed by atoms with Crippen LogP contribution in [0, 0.1) is 6.92 Å². The zero-order valence-corrected chi connectivity index (χ0v) is 22.8. The first kappa shape index (κ1) is 25.5. The summed E-state index contributed by atoms with van der Waals surface area (Å²) in [6.07, 6.45) is 8.38. The molecular weight excluding hydrogens is 502 g/mol. The third kappa shape index (κ3) is 4.54. The SMILES string of the molecule is CN/C(C)=C\C(N)=N/c1ncc(C)c(-c2c[nH]c3c(N4Cc5c(cccc5C5=CCOCC5)C4=O)cccc23)n1. The van der Waals surface area contributed by atoms with Crippen LogP contribution in [0.25, 0.3) is 27.7 Å². The van der Waals surface area contributed by atoms with E-state index in [4.69, 9.17) is 15.5 Å². The maximum atomic E-state index is 13.7. The van der Waals surface area contributed by atoms with Crippen LogP contribution >= 0.6 is 0 Å². The van der Waals surface area contributed by atoms with Crippen molar-refractivity contribution in [2.75, 3.05) is 25.2 Å². The summed E-state index contributed by atoms with van der Waals surface area (Å²) in [5.74, 6) is 0.595. The molecule has 9 heteroatoms. The number of rotatable bonds is 6. The molecule has 9 nitrogen and oxygen atoms in total. The molecule has 4 aromatic rings. The number of aryl methyl sites for hydroxylation is 1. The van der Waals surface area contributed by atoms with Gasteiger partial charge in [0.25, 0.3) is 11.9 Å². The number of nitrogens with one attached hydrogen (secondary N) is 2. The Bertz CT molecular complexity index is 1730. The molecule has 2 aliphatic heterocycles. The van der Waals surface area contributed by atoms with Gasteiger partial charge in [-0.15, -0.1) is 0 Å². The standard InChI is InChI=1S/C31H31N7O2/c1-18-15-35-31(36-27(32)14-19(2)33-3)37-28(18)24-16-34-29-22(24)7-5-9-26(29)38-17-25-21(20-10-12-40-13-11-20)6-4-8-23(25)30(38)39/h4-10,14-16,33-34H,11-13,17H2,1-3H3,(H2,32,35,36,37)/b19-14-. The summed E-state index contributed by atoms with van der Waals surface area (Å²) in [5.41, 5.74) is 15.4. The van der Waals surface area contributed by atoms with Crippen LogP contribution in [-0.2, 0) is 11.3 Å². The monoisotopic (exact) mass is 533 g/mol. The molecule has 1 amide bonds. The van der Waals surface area contributed by atoms with Crippen molar-refractivity contribution in [1.82, 2.24) is 20.3 Å². The lowest BCUT2D eigenvalue weighted by atomic mass is 9.94. The van der Waals surface area contributed by atoms with E-state index in [1.54, 1.807) is 12.3 Å². The zero-order chi connectivity index (χ0) is 27.8. The van der Waals surface area contributed by atoms with Crippen molar-refractivity contribution < 1.29 is 9.53 Å². The molecule has 0 spiro atoms. The number of amides is 1. The molecule has 4 N–H and O–H groups in total. The van der Waals surface area contributed by atoms with Crippen LogP contribution in [0.3, 0.4) is 0 Å². The number of ether oxygens (including phenoxy) is 1. The Balaban J connectivity index is 1.38. The summed E-state index contributed by atoms with van der Waals surface area (Å²) in [5, 5.41) is 3.98. The second-order valence-corrected chi connectivity index (χ2v) is 9.99. The predicted molar refractivity (Wildman–Crippen MR) is 159 cm³/mol. The van der Waals surface area contributed by atoms with Gasteiger partial charge in [-0.1, -0.05) is 30.3 Å². The van der Waals surface area contributed by atoms with E-state index in [1.165, 1.54) is 5.57 Å². The van der Waals surface area contributed by atoms with Crippen LogP contribution < -0.4 is 16.0 Å². The molecule has 0 saturated heterocycles. The van der Waals surface area contributed by atoms with E-state index in [9.17, 15) is 4.79 Å². The molecule has 0 radical (unpaired) electrons. The molecule has 2 aromatic carbocycles. The maximum absolute atomic E-state index is 13.7. The molecular formula is C31H31N7O2. The number of H-pyrrole nitrogens is 1. The fraction of sp³-hybridized carbons (Fsp3) is 0.226. The highest BCUT2D eigenvalue weighted by Gasteiger charge is 2.32. The van der Waals surface area contributed by atoms with Gasteiger partial charge in [0.2, 0.25) is 0 Å². The van der Waals surface area contributed by atoms with E-state index in [2.05, 4.69) is 32.4 Å². The molecule has 202 valence electrons. The maximum Gasteiger partial charge on any atom is 0.259 e. The fourth-order valence-electron chi connectivity index (χ4n) is 5.36. The number of allylic oxidation sites excluding steroid dienone is 1. The highest BCUT2D eigenvalue weighted by atomic mass is 16.5. The molecule has 40 heavy (non-hydrogen) atoms. The van der Waals surface area contributed by atoms with E-state index in [0.717, 1.165) is 62.2 Å². The van der Waals surface area contributed by atoms with Gasteiger partial charge in [-0.3, -0.25) is 4.79 Å². The third-order valence-electron chi connectivity index (χ3n) is 7.46. The summed E-state index contributed by atoms with van der Waals surface area (Å²) in [7, 11) is 1.82. The smallest absolute Gasteiger partial charge is 0.259 e. The van der Waals surface area contributed by atoms with Crippen LogP contribution in [0.5, 0.6) is 0 Å². The van der Waals surface area contributed by atoms with Crippen molar-refractivity contribution >= 4 is 39.9 Å². The summed E-state index contributed by atoms with van der Waals surface area (Å²) in [6.45, 7) is 5.69. The number of aliphatic imine (C=N–C) groups is 1. The normalized spacial score (nSPS) is 15.9. The number of aromatic amines is 1. The van der Waals surface area contributed by atoms with Crippen LogP contribution in [-0.4, -0.2) is 47.0 Å². The molecule has 2 aromatic heterocycles. The Morgan fingerprint density at radius 3 is 2.83 bits per heavy atom. The summed E-state index contributed by atoms with van der Waals surface area (Å²) < 4.78 is 5.51. The Labute approximate surface area is 232 Å². The molecule has 0 saturated carbocycles.